The minimum atomic E-state index is -0.545. The normalized spacial score (nSPS) is 17.7. The summed E-state index contributed by atoms with van der Waals surface area (Å²) < 4.78 is 5.46. The van der Waals surface area contributed by atoms with Gasteiger partial charge in [0, 0.05) is 35.7 Å². The summed E-state index contributed by atoms with van der Waals surface area (Å²) in [5.74, 6) is -0.635. The molecule has 1 aromatic carbocycles. The smallest absolute Gasteiger partial charge is 0.339 e. The van der Waals surface area contributed by atoms with Crippen molar-refractivity contribution in [3.05, 3.63) is 69.5 Å². The summed E-state index contributed by atoms with van der Waals surface area (Å²) >= 11 is 1.37. The van der Waals surface area contributed by atoms with Crippen molar-refractivity contribution in [2.75, 3.05) is 18.4 Å². The molecular weight excluding hydrogens is 502 g/mol. The van der Waals surface area contributed by atoms with Gasteiger partial charge in [-0.1, -0.05) is 50.3 Å². The molecule has 1 fully saturated rings. The van der Waals surface area contributed by atoms with Crippen molar-refractivity contribution in [2.24, 2.45) is 0 Å². The zero-order chi connectivity index (χ0) is 27.0. The van der Waals surface area contributed by atoms with Crippen LogP contribution in [0.15, 0.2) is 36.4 Å². The fourth-order valence-corrected chi connectivity index (χ4v) is 5.68. The SMILES string of the molecule is Cc1ccc(C(=O)Nc2nnc(C(C)(C)C)s2)c(C2CCN(C(=O)CC3OC(=O)c4ccccc43)CC2)n1. The van der Waals surface area contributed by atoms with E-state index in [0.29, 0.717) is 42.2 Å². The topological polar surface area (TPSA) is 114 Å². The number of anilines is 1. The zero-order valence-corrected chi connectivity index (χ0v) is 22.8. The van der Waals surface area contributed by atoms with Gasteiger partial charge in [-0.15, -0.1) is 10.2 Å². The number of carbonyl (C=O) groups excluding carboxylic acids is 3. The van der Waals surface area contributed by atoms with Crippen LogP contribution < -0.4 is 5.32 Å². The Morgan fingerprint density at radius 1 is 1.11 bits per heavy atom. The molecule has 9 nitrogen and oxygen atoms in total. The maximum atomic E-state index is 13.2. The molecule has 38 heavy (non-hydrogen) atoms. The summed E-state index contributed by atoms with van der Waals surface area (Å²) in [4.78, 5) is 45.0. The van der Waals surface area contributed by atoms with Gasteiger partial charge in [-0.3, -0.25) is 19.9 Å². The molecule has 1 atom stereocenters. The summed E-state index contributed by atoms with van der Waals surface area (Å²) in [5.41, 5.74) is 3.25. The highest BCUT2D eigenvalue weighted by molar-refractivity contribution is 7.15. The molecule has 2 amide bonds. The number of aromatic nitrogens is 3. The molecule has 1 unspecified atom stereocenters. The molecular formula is C28H31N5O4S. The molecule has 0 aliphatic carbocycles. The molecule has 1 N–H and O–H groups in total. The highest BCUT2D eigenvalue weighted by atomic mass is 32.1. The lowest BCUT2D eigenvalue weighted by atomic mass is 9.89. The number of nitrogens with one attached hydrogen (secondary N) is 1. The van der Waals surface area contributed by atoms with Crippen LogP contribution >= 0.6 is 11.3 Å². The van der Waals surface area contributed by atoms with Crippen molar-refractivity contribution in [1.82, 2.24) is 20.1 Å². The van der Waals surface area contributed by atoms with Crippen LogP contribution in [0, 0.1) is 6.92 Å². The Bertz CT molecular complexity index is 1390. The van der Waals surface area contributed by atoms with Crippen LogP contribution in [0.2, 0.25) is 0 Å². The minimum absolute atomic E-state index is 0.0426. The van der Waals surface area contributed by atoms with Crippen molar-refractivity contribution in [1.29, 1.82) is 0 Å². The first-order chi connectivity index (χ1) is 18.1. The van der Waals surface area contributed by atoms with E-state index in [2.05, 4.69) is 36.3 Å². The number of esters is 1. The van der Waals surface area contributed by atoms with Crippen LogP contribution in [0.25, 0.3) is 0 Å². The number of amides is 2. The molecule has 5 rings (SSSR count). The lowest BCUT2D eigenvalue weighted by Gasteiger charge is -2.33. The Kier molecular flexibility index (Phi) is 7.00. The van der Waals surface area contributed by atoms with Crippen molar-refractivity contribution in [3.8, 4) is 0 Å². The summed E-state index contributed by atoms with van der Waals surface area (Å²) in [6.45, 7) is 9.17. The first-order valence-corrected chi connectivity index (χ1v) is 13.6. The number of rotatable bonds is 5. The van der Waals surface area contributed by atoms with Gasteiger partial charge >= 0.3 is 5.97 Å². The van der Waals surface area contributed by atoms with Crippen LogP contribution in [-0.4, -0.2) is 51.0 Å². The van der Waals surface area contributed by atoms with Crippen LogP contribution in [0.1, 0.15) is 94.7 Å². The van der Waals surface area contributed by atoms with Crippen LogP contribution in [-0.2, 0) is 14.9 Å². The molecule has 0 spiro atoms. The van der Waals surface area contributed by atoms with E-state index in [1.807, 2.05) is 36.1 Å². The number of carbonyl (C=O) groups is 3. The fourth-order valence-electron chi connectivity index (χ4n) is 4.88. The van der Waals surface area contributed by atoms with Crippen LogP contribution in [0.3, 0.4) is 0 Å². The van der Waals surface area contributed by atoms with Crippen molar-refractivity contribution in [2.45, 2.75) is 64.4 Å². The van der Waals surface area contributed by atoms with E-state index in [0.717, 1.165) is 22.0 Å². The number of cyclic esters (lactones) is 1. The molecule has 2 aliphatic rings. The molecule has 2 aromatic heterocycles. The Morgan fingerprint density at radius 3 is 2.55 bits per heavy atom. The van der Waals surface area contributed by atoms with Crippen LogP contribution in [0.5, 0.6) is 0 Å². The van der Waals surface area contributed by atoms with Gasteiger partial charge in [-0.05, 0) is 38.0 Å². The Hall–Kier alpha value is -3.66. The summed E-state index contributed by atoms with van der Waals surface area (Å²) in [6.07, 6.45) is 0.964. The third-order valence-electron chi connectivity index (χ3n) is 6.97. The second-order valence-electron chi connectivity index (χ2n) is 10.8. The van der Waals surface area contributed by atoms with Gasteiger partial charge in [0.1, 0.15) is 11.1 Å². The van der Waals surface area contributed by atoms with Gasteiger partial charge < -0.3 is 9.64 Å². The van der Waals surface area contributed by atoms with Crippen LogP contribution in [0.4, 0.5) is 5.13 Å². The molecule has 0 bridgehead atoms. The van der Waals surface area contributed by atoms with E-state index in [1.165, 1.54) is 11.3 Å². The molecule has 2 aliphatic heterocycles. The number of hydrogen-bond donors (Lipinski definition) is 1. The highest BCUT2D eigenvalue weighted by Crippen LogP contribution is 2.35. The summed E-state index contributed by atoms with van der Waals surface area (Å²) in [6, 6.07) is 10.8. The third kappa shape index (κ3) is 5.31. The first kappa shape index (κ1) is 26.0. The zero-order valence-electron chi connectivity index (χ0n) is 22.0. The molecule has 4 heterocycles. The van der Waals surface area contributed by atoms with Gasteiger partial charge in [-0.25, -0.2) is 4.79 Å². The van der Waals surface area contributed by atoms with Gasteiger partial charge in [0.25, 0.3) is 5.91 Å². The van der Waals surface area contributed by atoms with Gasteiger partial charge in [0.2, 0.25) is 11.0 Å². The monoisotopic (exact) mass is 533 g/mol. The maximum absolute atomic E-state index is 13.2. The van der Waals surface area contributed by atoms with E-state index in [1.54, 1.807) is 12.1 Å². The molecule has 10 heteroatoms. The van der Waals surface area contributed by atoms with Crippen molar-refractivity contribution >= 4 is 34.3 Å². The predicted molar refractivity (Wildman–Crippen MR) is 143 cm³/mol. The molecule has 0 saturated carbocycles. The third-order valence-corrected chi connectivity index (χ3v) is 8.23. The summed E-state index contributed by atoms with van der Waals surface area (Å²) in [7, 11) is 0. The number of fused-ring (bicyclic) bond motifs is 1. The number of pyridine rings is 1. The molecule has 3 aromatic rings. The average molecular weight is 534 g/mol. The van der Waals surface area contributed by atoms with E-state index in [9.17, 15) is 14.4 Å². The lowest BCUT2D eigenvalue weighted by molar-refractivity contribution is -0.134. The number of aryl methyl sites for hydroxylation is 1. The maximum Gasteiger partial charge on any atom is 0.339 e. The number of ether oxygens (including phenoxy) is 1. The van der Waals surface area contributed by atoms with E-state index >= 15 is 0 Å². The largest absolute Gasteiger partial charge is 0.453 e. The molecule has 1 saturated heterocycles. The predicted octanol–water partition coefficient (Wildman–Crippen LogP) is 4.80. The van der Waals surface area contributed by atoms with Gasteiger partial charge in [0.05, 0.1) is 23.2 Å². The Labute approximate surface area is 225 Å². The molecule has 198 valence electrons. The standard InChI is InChI=1S/C28H31N5O4S/c1-16-9-10-20(24(35)30-27-32-31-26(38-27)28(2,3)4)23(29-16)17-11-13-33(14-12-17)22(34)15-21-18-7-5-6-8-19(18)25(36)37-21/h5-10,17,21H,11-15H2,1-4H3,(H,30,32,35). The number of piperidine rings is 1. The Balaban J connectivity index is 1.24. The number of hydrogen-bond acceptors (Lipinski definition) is 8. The number of benzene rings is 1. The first-order valence-electron chi connectivity index (χ1n) is 12.8. The van der Waals surface area contributed by atoms with Gasteiger partial charge in [-0.2, -0.15) is 0 Å². The van der Waals surface area contributed by atoms with E-state index < -0.39 is 6.10 Å². The van der Waals surface area contributed by atoms with Crippen molar-refractivity contribution in [3.63, 3.8) is 0 Å². The highest BCUT2D eigenvalue weighted by Gasteiger charge is 2.35. The lowest BCUT2D eigenvalue weighted by Crippen LogP contribution is -2.39. The summed E-state index contributed by atoms with van der Waals surface area (Å²) in [5, 5.41) is 12.5. The average Bonchev–Trinajstić information content (AvgIpc) is 3.49. The fraction of sp³-hybridized carbons (Fsp3) is 0.429. The Morgan fingerprint density at radius 2 is 1.84 bits per heavy atom. The molecule has 0 radical (unpaired) electrons. The van der Waals surface area contributed by atoms with Crippen molar-refractivity contribution < 1.29 is 19.1 Å². The second-order valence-corrected chi connectivity index (χ2v) is 11.8. The van der Waals surface area contributed by atoms with E-state index in [4.69, 9.17) is 9.72 Å². The quantitative estimate of drug-likeness (QED) is 0.469. The number of likely N-dealkylation sites (tertiary alicyclic amines) is 1. The van der Waals surface area contributed by atoms with E-state index in [-0.39, 0.29) is 35.5 Å². The minimum Gasteiger partial charge on any atom is -0.453 e. The van der Waals surface area contributed by atoms with Gasteiger partial charge in [0.15, 0.2) is 0 Å². The number of nitrogens with zero attached hydrogens (tertiary/aromatic N) is 4. The second kappa shape index (κ2) is 10.2.